The van der Waals surface area contributed by atoms with Gasteiger partial charge in [-0.2, -0.15) is 0 Å². The highest BCUT2D eigenvalue weighted by Crippen LogP contribution is 2.33. The lowest BCUT2D eigenvalue weighted by molar-refractivity contribution is -0.140. The summed E-state index contributed by atoms with van der Waals surface area (Å²) in [6.07, 6.45) is 14.1. The molecule has 0 heterocycles. The van der Waals surface area contributed by atoms with Crippen molar-refractivity contribution in [1.82, 2.24) is 0 Å². The maximum absolute atomic E-state index is 12.1. The highest BCUT2D eigenvalue weighted by atomic mass is 16.5. The number of rotatable bonds is 11. The Balaban J connectivity index is 2.49. The summed E-state index contributed by atoms with van der Waals surface area (Å²) in [5.41, 5.74) is 0. The lowest BCUT2D eigenvalue weighted by Gasteiger charge is -2.16. The van der Waals surface area contributed by atoms with E-state index in [0.29, 0.717) is 25.7 Å². The normalized spacial score (nSPS) is 24.9. The summed E-state index contributed by atoms with van der Waals surface area (Å²) in [5, 5.41) is 20.1. The van der Waals surface area contributed by atoms with Crippen molar-refractivity contribution in [2.75, 3.05) is 7.11 Å². The fraction of sp³-hybridized carbons (Fsp3) is 0.619. The van der Waals surface area contributed by atoms with Crippen molar-refractivity contribution in [2.24, 2.45) is 11.8 Å². The number of allylic oxidation sites excluding steroid dienone is 3. The summed E-state index contributed by atoms with van der Waals surface area (Å²) in [7, 11) is 1.37. The van der Waals surface area contributed by atoms with Crippen LogP contribution >= 0.6 is 0 Å². The molecule has 0 aliphatic heterocycles. The first-order valence-electron chi connectivity index (χ1n) is 9.43. The highest BCUT2D eigenvalue weighted by Gasteiger charge is 2.39. The zero-order chi connectivity index (χ0) is 19.4. The molecule has 0 unspecified atom stereocenters. The molecule has 1 saturated carbocycles. The van der Waals surface area contributed by atoms with Crippen LogP contribution in [0.1, 0.15) is 51.9 Å². The SMILES string of the molecule is CC/C=C\C[C@H](O)/C=C/[C@H]1[C@H](O)CC(=O)[C@@H]1C/C=C\CCCC(=O)OC. The van der Waals surface area contributed by atoms with Crippen LogP contribution in [-0.4, -0.2) is 41.3 Å². The van der Waals surface area contributed by atoms with Gasteiger partial charge in [0, 0.05) is 24.7 Å². The Morgan fingerprint density at radius 1 is 1.31 bits per heavy atom. The number of esters is 1. The second-order valence-corrected chi connectivity index (χ2v) is 6.66. The van der Waals surface area contributed by atoms with Crippen LogP contribution in [-0.2, 0) is 14.3 Å². The first kappa shape index (κ1) is 22.3. The molecule has 0 spiro atoms. The summed E-state index contributed by atoms with van der Waals surface area (Å²) in [4.78, 5) is 23.2. The predicted octanol–water partition coefficient (Wildman–Crippen LogP) is 3.12. The summed E-state index contributed by atoms with van der Waals surface area (Å²) in [6.45, 7) is 2.03. The van der Waals surface area contributed by atoms with Gasteiger partial charge in [-0.05, 0) is 32.1 Å². The Bertz CT molecular complexity index is 520. The van der Waals surface area contributed by atoms with Gasteiger partial charge in [-0.25, -0.2) is 0 Å². The number of hydrogen-bond acceptors (Lipinski definition) is 5. The van der Waals surface area contributed by atoms with Crippen LogP contribution in [0.25, 0.3) is 0 Å². The largest absolute Gasteiger partial charge is 0.469 e. The van der Waals surface area contributed by atoms with Crippen LogP contribution in [0.15, 0.2) is 36.5 Å². The molecule has 0 saturated heterocycles. The minimum Gasteiger partial charge on any atom is -0.469 e. The van der Waals surface area contributed by atoms with Crippen LogP contribution in [0.4, 0.5) is 0 Å². The van der Waals surface area contributed by atoms with Gasteiger partial charge in [0.1, 0.15) is 5.78 Å². The molecule has 1 aliphatic rings. The Morgan fingerprint density at radius 3 is 2.77 bits per heavy atom. The van der Waals surface area contributed by atoms with Gasteiger partial charge >= 0.3 is 5.97 Å². The van der Waals surface area contributed by atoms with E-state index < -0.39 is 12.2 Å². The number of aliphatic hydroxyl groups excluding tert-OH is 2. The van der Waals surface area contributed by atoms with E-state index in [1.165, 1.54) is 7.11 Å². The van der Waals surface area contributed by atoms with E-state index in [-0.39, 0.29) is 30.0 Å². The molecule has 5 nitrogen and oxygen atoms in total. The molecule has 0 bridgehead atoms. The maximum Gasteiger partial charge on any atom is 0.305 e. The van der Waals surface area contributed by atoms with Crippen molar-refractivity contribution in [2.45, 2.75) is 64.1 Å². The average Bonchev–Trinajstić information content (AvgIpc) is 2.89. The number of ketones is 1. The molecule has 0 aromatic carbocycles. The quantitative estimate of drug-likeness (QED) is 0.334. The van der Waals surface area contributed by atoms with Gasteiger partial charge < -0.3 is 14.9 Å². The van der Waals surface area contributed by atoms with Gasteiger partial charge in [0.2, 0.25) is 0 Å². The van der Waals surface area contributed by atoms with E-state index in [9.17, 15) is 19.8 Å². The van der Waals surface area contributed by atoms with Crippen LogP contribution in [0, 0.1) is 11.8 Å². The summed E-state index contributed by atoms with van der Waals surface area (Å²) in [6, 6.07) is 0. The number of methoxy groups -OCH3 is 1. The van der Waals surface area contributed by atoms with Crippen LogP contribution in [0.5, 0.6) is 0 Å². The van der Waals surface area contributed by atoms with Gasteiger partial charge in [0.05, 0.1) is 19.3 Å². The zero-order valence-corrected chi connectivity index (χ0v) is 15.8. The number of unbranched alkanes of at least 4 members (excludes halogenated alkanes) is 1. The zero-order valence-electron chi connectivity index (χ0n) is 15.8. The number of aliphatic hydroxyl groups is 2. The van der Waals surface area contributed by atoms with Crippen LogP contribution in [0.3, 0.4) is 0 Å². The number of ether oxygens (including phenoxy) is 1. The van der Waals surface area contributed by atoms with E-state index in [1.807, 2.05) is 31.2 Å². The molecular weight excluding hydrogens is 332 g/mol. The minimum absolute atomic E-state index is 0.0618. The van der Waals surface area contributed by atoms with Crippen molar-refractivity contribution in [3.63, 3.8) is 0 Å². The average molecular weight is 364 g/mol. The van der Waals surface area contributed by atoms with Gasteiger partial charge in [-0.15, -0.1) is 0 Å². The number of carbonyl (C=O) groups excluding carboxylic acids is 2. The molecule has 146 valence electrons. The topological polar surface area (TPSA) is 83.8 Å². The first-order chi connectivity index (χ1) is 12.5. The predicted molar refractivity (Wildman–Crippen MR) is 101 cm³/mol. The third-order valence-corrected chi connectivity index (χ3v) is 4.60. The maximum atomic E-state index is 12.1. The van der Waals surface area contributed by atoms with Gasteiger partial charge in [0.15, 0.2) is 0 Å². The lowest BCUT2D eigenvalue weighted by Crippen LogP contribution is -2.18. The van der Waals surface area contributed by atoms with Crippen molar-refractivity contribution in [1.29, 1.82) is 0 Å². The van der Waals surface area contributed by atoms with Crippen molar-refractivity contribution >= 4 is 11.8 Å². The van der Waals surface area contributed by atoms with E-state index in [1.54, 1.807) is 12.2 Å². The molecule has 1 aliphatic carbocycles. The number of carbonyl (C=O) groups is 2. The van der Waals surface area contributed by atoms with Crippen molar-refractivity contribution in [3.8, 4) is 0 Å². The molecule has 0 amide bonds. The van der Waals surface area contributed by atoms with Crippen molar-refractivity contribution < 1.29 is 24.5 Å². The molecule has 26 heavy (non-hydrogen) atoms. The number of Topliss-reactive ketones (excluding diaryl/α,β-unsaturated/α-hetero) is 1. The van der Waals surface area contributed by atoms with Gasteiger partial charge in [-0.1, -0.05) is 43.4 Å². The molecule has 1 rings (SSSR count). The smallest absolute Gasteiger partial charge is 0.305 e. The molecule has 0 aromatic rings. The standard InChI is InChI=1S/C21H32O5/c1-3-4-7-10-16(22)13-14-18-17(19(23)15-20(18)24)11-8-5-6-9-12-21(25)26-2/h4-5,7-8,13-14,16-18,20,22,24H,3,6,9-12,15H2,1-2H3/b7-4-,8-5-,14-13+/t16-,17+,18+,20+/m0/s1. The summed E-state index contributed by atoms with van der Waals surface area (Å²) >= 11 is 0. The Morgan fingerprint density at radius 2 is 2.08 bits per heavy atom. The fourth-order valence-electron chi connectivity index (χ4n) is 3.09. The molecule has 1 fully saturated rings. The van der Waals surface area contributed by atoms with E-state index >= 15 is 0 Å². The third kappa shape index (κ3) is 8.11. The van der Waals surface area contributed by atoms with E-state index in [0.717, 1.165) is 12.8 Å². The number of hydrogen-bond donors (Lipinski definition) is 2. The Kier molecular flexibility index (Phi) is 10.8. The van der Waals surface area contributed by atoms with Gasteiger partial charge in [0.25, 0.3) is 0 Å². The third-order valence-electron chi connectivity index (χ3n) is 4.60. The fourth-order valence-corrected chi connectivity index (χ4v) is 3.09. The minimum atomic E-state index is -0.685. The monoisotopic (exact) mass is 364 g/mol. The van der Waals surface area contributed by atoms with Gasteiger partial charge in [-0.3, -0.25) is 9.59 Å². The van der Waals surface area contributed by atoms with Crippen LogP contribution in [0.2, 0.25) is 0 Å². The Labute approximate surface area is 156 Å². The summed E-state index contributed by atoms with van der Waals surface area (Å²) in [5.74, 6) is -0.666. The second-order valence-electron chi connectivity index (χ2n) is 6.66. The molecule has 0 aromatic heterocycles. The van der Waals surface area contributed by atoms with Crippen molar-refractivity contribution in [3.05, 3.63) is 36.5 Å². The summed E-state index contributed by atoms with van der Waals surface area (Å²) < 4.78 is 4.59. The molecule has 0 radical (unpaired) electrons. The molecular formula is C21H32O5. The van der Waals surface area contributed by atoms with E-state index in [2.05, 4.69) is 4.74 Å². The highest BCUT2D eigenvalue weighted by molar-refractivity contribution is 5.84. The first-order valence-corrected chi connectivity index (χ1v) is 9.43. The van der Waals surface area contributed by atoms with E-state index in [4.69, 9.17) is 0 Å². The lowest BCUT2D eigenvalue weighted by atomic mass is 9.90. The molecule has 5 heteroatoms. The molecule has 4 atom stereocenters. The Hall–Kier alpha value is -1.72. The second kappa shape index (κ2) is 12.6. The molecule has 2 N–H and O–H groups in total. The van der Waals surface area contributed by atoms with Crippen LogP contribution < -0.4 is 0 Å².